The minimum atomic E-state index is -0.0570. The lowest BCUT2D eigenvalue weighted by atomic mass is 9.92. The van der Waals surface area contributed by atoms with Gasteiger partial charge in [0.25, 0.3) is 0 Å². The van der Waals surface area contributed by atoms with E-state index in [0.717, 1.165) is 48.9 Å². The summed E-state index contributed by atoms with van der Waals surface area (Å²) in [4.78, 5) is 22.8. The fraction of sp³-hybridized carbons (Fsp3) is 0.706. The van der Waals surface area contributed by atoms with E-state index in [1.54, 1.807) is 4.90 Å². The predicted molar refractivity (Wildman–Crippen MR) is 87.2 cm³/mol. The first-order valence-electron chi connectivity index (χ1n) is 8.55. The number of rotatable bonds is 6. The van der Waals surface area contributed by atoms with E-state index < -0.39 is 0 Å². The molecule has 2 aliphatic carbocycles. The topological polar surface area (TPSA) is 67.4 Å². The van der Waals surface area contributed by atoms with Crippen LogP contribution in [0.4, 0.5) is 4.79 Å². The number of urea groups is 1. The number of likely N-dealkylation sites (N-methyl/N-ethyl adjacent to an activating group) is 1. The predicted octanol–water partition coefficient (Wildman–Crippen LogP) is 2.23. The molecule has 1 aromatic heterocycles. The highest BCUT2D eigenvalue weighted by atomic mass is 16.5. The Morgan fingerprint density at radius 2 is 2.26 bits per heavy atom. The Balaban J connectivity index is 1.49. The largest absolute Gasteiger partial charge is 0.379 e. The number of nitrogens with zero attached hydrogens (tertiary/aromatic N) is 3. The van der Waals surface area contributed by atoms with E-state index in [9.17, 15) is 4.79 Å². The molecule has 0 saturated heterocycles. The van der Waals surface area contributed by atoms with Gasteiger partial charge in [0.05, 0.1) is 12.6 Å². The summed E-state index contributed by atoms with van der Waals surface area (Å²) < 4.78 is 5.60. The van der Waals surface area contributed by atoms with Gasteiger partial charge in [-0.25, -0.2) is 14.8 Å². The van der Waals surface area contributed by atoms with E-state index in [2.05, 4.69) is 15.3 Å². The Hall–Kier alpha value is -1.69. The zero-order chi connectivity index (χ0) is 16.2. The molecule has 0 spiro atoms. The smallest absolute Gasteiger partial charge is 0.317 e. The zero-order valence-electron chi connectivity index (χ0n) is 14.0. The van der Waals surface area contributed by atoms with Gasteiger partial charge in [-0.2, -0.15) is 0 Å². The molecule has 0 radical (unpaired) electrons. The summed E-state index contributed by atoms with van der Waals surface area (Å²) in [5.74, 6) is 1.55. The number of nitrogens with one attached hydrogen (secondary N) is 1. The van der Waals surface area contributed by atoms with Crippen molar-refractivity contribution in [2.75, 3.05) is 26.8 Å². The van der Waals surface area contributed by atoms with Crippen LogP contribution in [0.1, 0.15) is 48.8 Å². The first-order valence-corrected chi connectivity index (χ1v) is 8.55. The molecular weight excluding hydrogens is 292 g/mol. The summed E-state index contributed by atoms with van der Waals surface area (Å²) in [6.07, 6.45) is 7.40. The molecule has 2 amide bonds. The summed E-state index contributed by atoms with van der Waals surface area (Å²) in [7, 11) is 1.81. The Bertz CT molecular complexity index is 560. The molecule has 2 aliphatic rings. The van der Waals surface area contributed by atoms with Crippen LogP contribution in [0.2, 0.25) is 0 Å². The molecule has 23 heavy (non-hydrogen) atoms. The van der Waals surface area contributed by atoms with Gasteiger partial charge in [0.1, 0.15) is 5.82 Å². The Morgan fingerprint density at radius 3 is 3.04 bits per heavy atom. The fourth-order valence-electron chi connectivity index (χ4n) is 2.89. The minimum absolute atomic E-state index is 0.0154. The first-order chi connectivity index (χ1) is 11.1. The average molecular weight is 318 g/mol. The zero-order valence-corrected chi connectivity index (χ0v) is 14.0. The number of amides is 2. The van der Waals surface area contributed by atoms with Crippen molar-refractivity contribution in [3.05, 3.63) is 23.3 Å². The second-order valence-electron chi connectivity index (χ2n) is 6.65. The van der Waals surface area contributed by atoms with Gasteiger partial charge in [0.15, 0.2) is 0 Å². The summed E-state index contributed by atoms with van der Waals surface area (Å²) in [5, 5.41) is 3.11. The van der Waals surface area contributed by atoms with E-state index in [4.69, 9.17) is 4.74 Å². The number of carbonyl (C=O) groups is 1. The Labute approximate surface area is 137 Å². The molecule has 0 bridgehead atoms. The summed E-state index contributed by atoms with van der Waals surface area (Å²) in [5.41, 5.74) is 2.14. The van der Waals surface area contributed by atoms with Crippen LogP contribution in [0.3, 0.4) is 0 Å². The Morgan fingerprint density at radius 1 is 1.43 bits per heavy atom. The molecule has 1 heterocycles. The maximum absolute atomic E-state index is 12.3. The molecule has 1 aromatic rings. The minimum Gasteiger partial charge on any atom is -0.379 e. The van der Waals surface area contributed by atoms with Crippen molar-refractivity contribution >= 4 is 6.03 Å². The van der Waals surface area contributed by atoms with E-state index in [1.807, 2.05) is 20.2 Å². The summed E-state index contributed by atoms with van der Waals surface area (Å²) in [6, 6.07) is -0.0415. The van der Waals surface area contributed by atoms with Crippen molar-refractivity contribution < 1.29 is 9.53 Å². The molecule has 1 N–H and O–H groups in total. The van der Waals surface area contributed by atoms with Crippen LogP contribution in [0.15, 0.2) is 6.20 Å². The number of aromatic nitrogens is 2. The van der Waals surface area contributed by atoms with Crippen LogP contribution in [-0.2, 0) is 11.2 Å². The van der Waals surface area contributed by atoms with Crippen LogP contribution in [-0.4, -0.2) is 47.7 Å². The van der Waals surface area contributed by atoms with Crippen LogP contribution < -0.4 is 5.32 Å². The van der Waals surface area contributed by atoms with Crippen molar-refractivity contribution in [2.24, 2.45) is 5.92 Å². The van der Waals surface area contributed by atoms with Gasteiger partial charge in [-0.15, -0.1) is 0 Å². The Kier molecular flexibility index (Phi) is 5.10. The summed E-state index contributed by atoms with van der Waals surface area (Å²) >= 11 is 0. The maximum atomic E-state index is 12.3. The quantitative estimate of drug-likeness (QED) is 0.817. The first kappa shape index (κ1) is 16.2. The monoisotopic (exact) mass is 318 g/mol. The van der Waals surface area contributed by atoms with Crippen LogP contribution in [0, 0.1) is 12.8 Å². The molecule has 6 nitrogen and oxygen atoms in total. The molecule has 1 fully saturated rings. The highest BCUT2D eigenvalue weighted by molar-refractivity contribution is 5.74. The standard InChI is InChI=1S/C17H26N4O2/c1-12-18-10-14-15(19-12)4-3-5-16(14)20-17(22)21(2)8-9-23-11-13-6-7-13/h10,13,16H,3-9,11H2,1-2H3,(H,20,22)/t16-/m0/s1. The van der Waals surface area contributed by atoms with Gasteiger partial charge >= 0.3 is 6.03 Å². The van der Waals surface area contributed by atoms with Crippen LogP contribution in [0.5, 0.6) is 0 Å². The van der Waals surface area contributed by atoms with Crippen molar-refractivity contribution in [3.63, 3.8) is 0 Å². The number of carbonyl (C=O) groups excluding carboxylic acids is 1. The average Bonchev–Trinajstić information content (AvgIpc) is 3.35. The highest BCUT2D eigenvalue weighted by Crippen LogP contribution is 2.29. The molecule has 3 rings (SSSR count). The van der Waals surface area contributed by atoms with Gasteiger partial charge in [-0.1, -0.05) is 0 Å². The van der Waals surface area contributed by atoms with Gasteiger partial charge in [-0.3, -0.25) is 0 Å². The van der Waals surface area contributed by atoms with Crippen molar-refractivity contribution in [1.82, 2.24) is 20.2 Å². The molecule has 0 aliphatic heterocycles. The van der Waals surface area contributed by atoms with Crippen LogP contribution in [0.25, 0.3) is 0 Å². The van der Waals surface area contributed by atoms with E-state index >= 15 is 0 Å². The fourth-order valence-corrected chi connectivity index (χ4v) is 2.89. The maximum Gasteiger partial charge on any atom is 0.317 e. The lowest BCUT2D eigenvalue weighted by molar-refractivity contribution is 0.107. The van der Waals surface area contributed by atoms with Gasteiger partial charge in [-0.05, 0) is 44.9 Å². The molecule has 126 valence electrons. The van der Waals surface area contributed by atoms with E-state index in [0.29, 0.717) is 13.2 Å². The number of ether oxygens (including phenoxy) is 1. The molecule has 1 atom stereocenters. The third kappa shape index (κ3) is 4.41. The molecular formula is C17H26N4O2. The SMILES string of the molecule is Cc1ncc2c(n1)CCC[C@@H]2NC(=O)N(C)CCOCC1CC1. The van der Waals surface area contributed by atoms with Crippen molar-refractivity contribution in [2.45, 2.75) is 45.1 Å². The third-order valence-corrected chi connectivity index (χ3v) is 4.57. The van der Waals surface area contributed by atoms with Gasteiger partial charge in [0, 0.05) is 37.7 Å². The second kappa shape index (κ2) is 7.25. The van der Waals surface area contributed by atoms with E-state index in [-0.39, 0.29) is 12.1 Å². The number of fused-ring (bicyclic) bond motifs is 1. The van der Waals surface area contributed by atoms with Crippen molar-refractivity contribution in [1.29, 1.82) is 0 Å². The molecule has 0 unspecified atom stereocenters. The normalized spacial score (nSPS) is 20.0. The van der Waals surface area contributed by atoms with Crippen molar-refractivity contribution in [3.8, 4) is 0 Å². The van der Waals surface area contributed by atoms with Gasteiger partial charge < -0.3 is 15.0 Å². The number of hydrogen-bond acceptors (Lipinski definition) is 4. The van der Waals surface area contributed by atoms with Gasteiger partial charge in [0.2, 0.25) is 0 Å². The lowest BCUT2D eigenvalue weighted by Crippen LogP contribution is -2.41. The summed E-state index contributed by atoms with van der Waals surface area (Å²) in [6.45, 7) is 3.95. The number of aryl methyl sites for hydroxylation is 2. The third-order valence-electron chi connectivity index (χ3n) is 4.57. The molecule has 0 aromatic carbocycles. The molecule has 6 heteroatoms. The number of hydrogen-bond donors (Lipinski definition) is 1. The highest BCUT2D eigenvalue weighted by Gasteiger charge is 2.25. The second-order valence-corrected chi connectivity index (χ2v) is 6.65. The van der Waals surface area contributed by atoms with Crippen LogP contribution >= 0.6 is 0 Å². The lowest BCUT2D eigenvalue weighted by Gasteiger charge is -2.27. The van der Waals surface area contributed by atoms with E-state index in [1.165, 1.54) is 12.8 Å². The molecule has 1 saturated carbocycles.